The summed E-state index contributed by atoms with van der Waals surface area (Å²) in [6, 6.07) is 0. The molecule has 0 aromatic carbocycles. The lowest BCUT2D eigenvalue weighted by Crippen LogP contribution is -2.35. The number of nitrogens with two attached hydrogens (primary N) is 2. The molecular formula is C21H25F2N10O11P2+. The lowest BCUT2D eigenvalue weighted by molar-refractivity contribution is -0.0618. The molecule has 6 heterocycles. The van der Waals surface area contributed by atoms with Crippen LogP contribution >= 0.6 is 15.9 Å². The van der Waals surface area contributed by atoms with Gasteiger partial charge in [-0.2, -0.15) is 9.88 Å². The number of nitrogens with one attached hydrogen (secondary N) is 1. The first-order chi connectivity index (χ1) is 21.9. The van der Waals surface area contributed by atoms with Crippen molar-refractivity contribution in [2.75, 3.05) is 31.0 Å². The molecule has 6 unspecified atom stereocenters. The zero-order valence-electron chi connectivity index (χ0n) is 23.0. The summed E-state index contributed by atoms with van der Waals surface area (Å²) in [6.45, 7) is -1.76. The second kappa shape index (κ2) is 12.5. The van der Waals surface area contributed by atoms with Gasteiger partial charge in [-0.1, -0.05) is 0 Å². The second-order valence-electron chi connectivity index (χ2n) is 10.0. The van der Waals surface area contributed by atoms with Gasteiger partial charge in [-0.25, -0.2) is 33.3 Å². The molecule has 10 atom stereocenters. The first-order valence-electron chi connectivity index (χ1n) is 13.1. The Balaban J connectivity index is 1.18. The van der Waals surface area contributed by atoms with Gasteiger partial charge in [-0.15, -0.1) is 0 Å². The number of halogens is 2. The number of ether oxygens (including phenoxy) is 3. The quantitative estimate of drug-likeness (QED) is 0.104. The summed E-state index contributed by atoms with van der Waals surface area (Å²) in [7, 11) is -8.10. The summed E-state index contributed by atoms with van der Waals surface area (Å²) in [4.78, 5) is 53.7. The van der Waals surface area contributed by atoms with Crippen LogP contribution in [0.5, 0.6) is 0 Å². The van der Waals surface area contributed by atoms with Crippen LogP contribution in [0.1, 0.15) is 12.5 Å². The van der Waals surface area contributed by atoms with Crippen molar-refractivity contribution < 1.29 is 56.1 Å². The molecule has 248 valence electrons. The average Bonchev–Trinajstić information content (AvgIpc) is 3.76. The molecule has 0 aliphatic carbocycles. The zero-order valence-corrected chi connectivity index (χ0v) is 24.8. The van der Waals surface area contributed by atoms with Crippen LogP contribution in [0.15, 0.2) is 23.8 Å². The molecule has 6 rings (SSSR count). The second-order valence-corrected chi connectivity index (χ2v) is 12.4. The summed E-state index contributed by atoms with van der Waals surface area (Å²) < 4.78 is 84.3. The topological polar surface area (TPSA) is 300 Å². The van der Waals surface area contributed by atoms with E-state index in [1.807, 2.05) is 0 Å². The molecule has 2 aliphatic rings. The first kappa shape index (κ1) is 32.3. The minimum atomic E-state index is -5.23. The number of alkyl halides is 2. The number of hydrogen-bond donors (Lipinski definition) is 6. The van der Waals surface area contributed by atoms with E-state index in [0.717, 1.165) is 28.1 Å². The van der Waals surface area contributed by atoms with Crippen LogP contribution in [0.4, 0.5) is 20.5 Å². The van der Waals surface area contributed by atoms with Crippen LogP contribution in [0.2, 0.25) is 0 Å². The molecule has 0 radical (unpaired) electrons. The van der Waals surface area contributed by atoms with Crippen molar-refractivity contribution in [3.05, 3.63) is 29.3 Å². The molecule has 21 nitrogen and oxygen atoms in total. The van der Waals surface area contributed by atoms with Crippen molar-refractivity contribution in [3.63, 3.8) is 0 Å². The Morgan fingerprint density at radius 1 is 1.02 bits per heavy atom. The number of imidazole rings is 2. The van der Waals surface area contributed by atoms with Crippen molar-refractivity contribution in [3.8, 4) is 0 Å². The van der Waals surface area contributed by atoms with E-state index < -0.39 is 90.2 Å². The molecule has 2 aliphatic heterocycles. The van der Waals surface area contributed by atoms with Gasteiger partial charge in [0.15, 0.2) is 47.4 Å². The largest absolute Gasteiger partial charge is 0.534 e. The predicted octanol–water partition coefficient (Wildman–Crippen LogP) is -0.833. The van der Waals surface area contributed by atoms with E-state index in [4.69, 9.17) is 34.7 Å². The molecule has 46 heavy (non-hydrogen) atoms. The van der Waals surface area contributed by atoms with Gasteiger partial charge in [-0.05, 0) is 4.57 Å². The van der Waals surface area contributed by atoms with E-state index in [-0.39, 0.29) is 34.1 Å². The normalized spacial score (nSPS) is 29.9. The van der Waals surface area contributed by atoms with Crippen LogP contribution in [0, 0.1) is 0 Å². The van der Waals surface area contributed by atoms with Gasteiger partial charge in [-0.3, -0.25) is 28.0 Å². The van der Waals surface area contributed by atoms with Gasteiger partial charge in [0.25, 0.3) is 11.9 Å². The van der Waals surface area contributed by atoms with Gasteiger partial charge in [0.05, 0.1) is 25.9 Å². The summed E-state index contributed by atoms with van der Waals surface area (Å²) in [6.07, 6.45) is -11.4. The molecule has 0 amide bonds. The minimum absolute atomic E-state index is 0.00115. The molecule has 25 heteroatoms. The van der Waals surface area contributed by atoms with E-state index >= 15 is 8.78 Å². The Labute approximate surface area is 254 Å². The highest BCUT2D eigenvalue weighted by Crippen LogP contribution is 2.50. The van der Waals surface area contributed by atoms with Crippen molar-refractivity contribution in [2.45, 2.75) is 49.2 Å². The number of nitrogens with zero attached hydrogens (tertiary/aromatic N) is 7. The monoisotopic (exact) mass is 693 g/mol. The number of aliphatic hydroxyl groups excluding tert-OH is 1. The van der Waals surface area contributed by atoms with Crippen LogP contribution in [0.25, 0.3) is 22.3 Å². The fourth-order valence-electron chi connectivity index (χ4n) is 5.13. The Morgan fingerprint density at radius 2 is 1.67 bits per heavy atom. The maximum Gasteiger partial charge on any atom is 0.534 e. The molecule has 8 N–H and O–H groups in total. The smallest absolute Gasteiger partial charge is 0.394 e. The number of phosphoric ester groups is 1. The fourth-order valence-corrected chi connectivity index (χ4v) is 6.38. The number of aromatic amines is 1. The van der Waals surface area contributed by atoms with Crippen molar-refractivity contribution in [1.82, 2.24) is 39.0 Å². The molecule has 4 aromatic rings. The number of fused-ring (bicyclic) bond motifs is 2. The summed E-state index contributed by atoms with van der Waals surface area (Å²) in [5.74, 6) is -0.299. The number of phosphoric acid groups is 1. The van der Waals surface area contributed by atoms with Crippen molar-refractivity contribution in [1.29, 1.82) is 0 Å². The molecule has 0 spiro atoms. The average molecular weight is 693 g/mol. The van der Waals surface area contributed by atoms with Crippen molar-refractivity contribution in [2.24, 2.45) is 0 Å². The number of aliphatic hydroxyl groups is 1. The first-order valence-corrected chi connectivity index (χ1v) is 16.0. The van der Waals surface area contributed by atoms with E-state index in [0.29, 0.717) is 0 Å². The number of H-pyrrole nitrogens is 1. The highest BCUT2D eigenvalue weighted by atomic mass is 31.2. The molecule has 2 saturated heterocycles. The standard InChI is InChI=1S/C21H24F2N10O11P2/c22-9-13(40-6-45(36)37)8(43-19(9)32-4-28-11-15(24)26-3-27-16(11)32)2-41-46(38,39)44-14-7(1-34)42-20(10(14)23)33-5-29-12-17(33)30-21(25)31-18(12)35/h3-5,7-10,13-14,19-20,34H,1-2,6H2,(H6-,24,25,26,27,30,31,35,36,37,38,39)/p+1/t7-,8-,9?,10?,13?,14?,19-,20-/m1/s1. The van der Waals surface area contributed by atoms with Gasteiger partial charge in [0, 0.05) is 0 Å². The maximum atomic E-state index is 15.7. The van der Waals surface area contributed by atoms with Gasteiger partial charge >= 0.3 is 15.9 Å². The van der Waals surface area contributed by atoms with Crippen molar-refractivity contribution >= 4 is 49.9 Å². The number of aromatic nitrogens is 8. The fraction of sp³-hybridized carbons (Fsp3) is 0.524. The SMILES string of the molecule is Nc1nc2c(ncn2[C@@H]2O[C@H](CO)C(OP(=O)(O)OC[C@H]3O[C@@H](n4cnc5c(N)ncnc54)C(F)C3OC[P+](=O)O)C2F)c(=O)[nH]1. The number of rotatable bonds is 11. The molecule has 4 aromatic heterocycles. The molecule has 0 bridgehead atoms. The van der Waals surface area contributed by atoms with Gasteiger partial charge < -0.3 is 35.7 Å². The highest BCUT2D eigenvalue weighted by molar-refractivity contribution is 7.47. The third kappa shape index (κ3) is 5.97. The Kier molecular flexibility index (Phi) is 8.80. The molecule has 2 fully saturated rings. The zero-order chi connectivity index (χ0) is 32.9. The third-order valence-electron chi connectivity index (χ3n) is 7.13. The highest BCUT2D eigenvalue weighted by Gasteiger charge is 2.52. The van der Waals surface area contributed by atoms with Gasteiger partial charge in [0.1, 0.15) is 36.3 Å². The summed E-state index contributed by atoms with van der Waals surface area (Å²) in [5, 5.41) is 9.80. The van der Waals surface area contributed by atoms with Crippen LogP contribution < -0.4 is 17.0 Å². The Bertz CT molecular complexity index is 1880. The Morgan fingerprint density at radius 3 is 2.37 bits per heavy atom. The lowest BCUT2D eigenvalue weighted by atomic mass is 10.1. The number of nitrogen functional groups attached to an aromatic ring is 2. The lowest BCUT2D eigenvalue weighted by Gasteiger charge is -2.23. The summed E-state index contributed by atoms with van der Waals surface area (Å²) in [5.41, 5.74) is 10.5. The van der Waals surface area contributed by atoms with E-state index in [1.54, 1.807) is 0 Å². The van der Waals surface area contributed by atoms with Crippen LogP contribution in [0.3, 0.4) is 0 Å². The van der Waals surface area contributed by atoms with Crippen LogP contribution in [-0.2, 0) is 32.4 Å². The molecular weight excluding hydrogens is 668 g/mol. The number of anilines is 2. The van der Waals surface area contributed by atoms with E-state index in [1.165, 1.54) is 0 Å². The maximum absolute atomic E-state index is 15.7. The van der Waals surface area contributed by atoms with Gasteiger partial charge in [0.2, 0.25) is 5.95 Å². The molecule has 0 saturated carbocycles. The predicted molar refractivity (Wildman–Crippen MR) is 147 cm³/mol. The van der Waals surface area contributed by atoms with E-state index in [9.17, 15) is 28.8 Å². The van der Waals surface area contributed by atoms with E-state index in [2.05, 4.69) is 29.9 Å². The number of hydrogen-bond acceptors (Lipinski definition) is 16. The van der Waals surface area contributed by atoms with Crippen LogP contribution in [-0.4, -0.2) is 110 Å². The Hall–Kier alpha value is -3.63. The third-order valence-corrected chi connectivity index (χ3v) is 8.49. The summed E-state index contributed by atoms with van der Waals surface area (Å²) >= 11 is 0. The minimum Gasteiger partial charge on any atom is -0.394 e.